The summed E-state index contributed by atoms with van der Waals surface area (Å²) in [6.45, 7) is 0.800. The molecule has 2 aliphatic rings. The summed E-state index contributed by atoms with van der Waals surface area (Å²) in [7, 11) is 0. The molecular weight excluding hydrogens is 284 g/mol. The largest absolute Gasteiger partial charge is 0.488 e. The Balaban J connectivity index is 1.78. The van der Waals surface area contributed by atoms with Crippen molar-refractivity contribution >= 4 is 12.4 Å². The summed E-state index contributed by atoms with van der Waals surface area (Å²) >= 11 is 0. The van der Waals surface area contributed by atoms with Gasteiger partial charge in [0.25, 0.3) is 0 Å². The summed E-state index contributed by atoms with van der Waals surface area (Å²) in [5.41, 5.74) is 2.47. The molecule has 1 heterocycles. The molecule has 1 aromatic rings. The maximum Gasteiger partial charge on any atom is 0.407 e. The molecule has 3 rings (SSSR count). The Morgan fingerprint density at radius 2 is 2.27 bits per heavy atom. The maximum atomic E-state index is 11.0. The van der Waals surface area contributed by atoms with E-state index in [2.05, 4.69) is 6.07 Å². The van der Waals surface area contributed by atoms with Crippen molar-refractivity contribution in [3.63, 3.8) is 0 Å². The first-order chi connectivity index (χ1) is 10.6. The zero-order chi connectivity index (χ0) is 15.7. The first kappa shape index (κ1) is 14.4. The average Bonchev–Trinajstić information content (AvgIpc) is 3.12. The Hall–Kier alpha value is -2.55. The number of nitriles is 1. The number of carboxylic acid groups (broad SMARTS) is 1. The van der Waals surface area contributed by atoms with Crippen LogP contribution in [0, 0.1) is 17.2 Å². The molecule has 0 saturated carbocycles. The van der Waals surface area contributed by atoms with E-state index in [9.17, 15) is 14.9 Å². The van der Waals surface area contributed by atoms with Crippen LogP contribution in [0.15, 0.2) is 12.1 Å². The zero-order valence-corrected chi connectivity index (χ0v) is 12.0. The smallest absolute Gasteiger partial charge is 0.407 e. The van der Waals surface area contributed by atoms with Gasteiger partial charge in [-0.25, -0.2) is 4.79 Å². The lowest BCUT2D eigenvalue weighted by atomic mass is 10.0. The fourth-order valence-electron chi connectivity index (χ4n) is 3.20. The predicted molar refractivity (Wildman–Crippen MR) is 76.7 cm³/mol. The first-order valence-corrected chi connectivity index (χ1v) is 7.26. The highest BCUT2D eigenvalue weighted by Crippen LogP contribution is 2.33. The third-order valence-electron chi connectivity index (χ3n) is 4.30. The summed E-state index contributed by atoms with van der Waals surface area (Å²) in [4.78, 5) is 23.2. The molecule has 2 atom stereocenters. The molecule has 22 heavy (non-hydrogen) atoms. The van der Waals surface area contributed by atoms with Gasteiger partial charge in [-0.15, -0.1) is 0 Å². The summed E-state index contributed by atoms with van der Waals surface area (Å²) in [6, 6.07) is 5.73. The quantitative estimate of drug-likeness (QED) is 0.856. The second-order valence-electron chi connectivity index (χ2n) is 5.78. The van der Waals surface area contributed by atoms with E-state index in [1.807, 2.05) is 6.07 Å². The third kappa shape index (κ3) is 2.62. The van der Waals surface area contributed by atoms with Crippen LogP contribution in [0.3, 0.4) is 0 Å². The van der Waals surface area contributed by atoms with Crippen LogP contribution in [0.2, 0.25) is 0 Å². The van der Waals surface area contributed by atoms with E-state index >= 15 is 0 Å². The van der Waals surface area contributed by atoms with Gasteiger partial charge in [0.1, 0.15) is 18.1 Å². The van der Waals surface area contributed by atoms with Gasteiger partial charge in [0, 0.05) is 18.9 Å². The van der Waals surface area contributed by atoms with Crippen LogP contribution in [0.4, 0.5) is 4.79 Å². The van der Waals surface area contributed by atoms with Crippen LogP contribution in [-0.4, -0.2) is 41.6 Å². The van der Waals surface area contributed by atoms with Crippen LogP contribution in [0.25, 0.3) is 0 Å². The van der Waals surface area contributed by atoms with Crippen molar-refractivity contribution in [3.8, 4) is 11.8 Å². The molecular formula is C16H16N2O4. The number of fused-ring (bicyclic) bond motifs is 1. The third-order valence-corrected chi connectivity index (χ3v) is 4.30. The molecule has 2 unspecified atom stereocenters. The van der Waals surface area contributed by atoms with Gasteiger partial charge < -0.3 is 19.5 Å². The molecule has 6 nitrogen and oxygen atoms in total. The Morgan fingerprint density at radius 3 is 2.91 bits per heavy atom. The van der Waals surface area contributed by atoms with E-state index < -0.39 is 6.09 Å². The minimum absolute atomic E-state index is 0.0636. The van der Waals surface area contributed by atoms with Crippen LogP contribution >= 0.6 is 0 Å². The lowest BCUT2D eigenvalue weighted by molar-refractivity contribution is -0.110. The van der Waals surface area contributed by atoms with E-state index in [1.165, 1.54) is 4.90 Å². The molecule has 1 aliphatic heterocycles. The molecule has 0 radical (unpaired) electrons. The number of carbonyl (C=O) groups is 2. The summed E-state index contributed by atoms with van der Waals surface area (Å²) in [5.74, 6) is 0.519. The number of ether oxygens (including phenoxy) is 1. The fraction of sp³-hybridized carbons (Fsp3) is 0.438. The summed E-state index contributed by atoms with van der Waals surface area (Å²) in [5, 5.41) is 18.2. The van der Waals surface area contributed by atoms with E-state index in [0.717, 1.165) is 17.4 Å². The number of hydrogen-bond acceptors (Lipinski definition) is 4. The van der Waals surface area contributed by atoms with Gasteiger partial charge in [-0.1, -0.05) is 0 Å². The molecule has 0 aromatic heterocycles. The maximum absolute atomic E-state index is 11.0. The van der Waals surface area contributed by atoms with Crippen LogP contribution in [0.1, 0.15) is 23.1 Å². The molecule has 1 saturated heterocycles. The monoisotopic (exact) mass is 300 g/mol. The van der Waals surface area contributed by atoms with Crippen LogP contribution in [-0.2, 0) is 17.6 Å². The second-order valence-corrected chi connectivity index (χ2v) is 5.78. The van der Waals surface area contributed by atoms with Crippen molar-refractivity contribution in [3.05, 3.63) is 28.8 Å². The summed E-state index contributed by atoms with van der Waals surface area (Å²) < 4.78 is 5.85. The molecule has 1 aliphatic carbocycles. The Morgan fingerprint density at radius 1 is 1.45 bits per heavy atom. The molecule has 0 bridgehead atoms. The number of rotatable bonds is 3. The second kappa shape index (κ2) is 5.68. The Bertz CT molecular complexity index is 665. The van der Waals surface area contributed by atoms with Gasteiger partial charge in [0.05, 0.1) is 18.2 Å². The predicted octanol–water partition coefficient (Wildman–Crippen LogP) is 1.60. The highest BCUT2D eigenvalue weighted by atomic mass is 16.5. The summed E-state index contributed by atoms with van der Waals surface area (Å²) in [6.07, 6.45) is 1.69. The molecule has 1 N–H and O–H groups in total. The van der Waals surface area contributed by atoms with Gasteiger partial charge in [-0.05, 0) is 36.1 Å². The molecule has 114 valence electrons. The normalized spacial score (nSPS) is 23.0. The lowest BCUT2D eigenvalue weighted by Crippen LogP contribution is -2.29. The van der Waals surface area contributed by atoms with Crippen molar-refractivity contribution < 1.29 is 19.4 Å². The van der Waals surface area contributed by atoms with Gasteiger partial charge >= 0.3 is 6.09 Å². The SMILES string of the molecule is N#Cc1cc(OC2CCN(C(=O)O)C2)cc2c1CC(C=O)C2. The van der Waals surface area contributed by atoms with Gasteiger partial charge in [0.2, 0.25) is 0 Å². The molecule has 6 heteroatoms. The number of nitrogens with zero attached hydrogens (tertiary/aromatic N) is 2. The van der Waals surface area contributed by atoms with Gasteiger partial charge in [-0.2, -0.15) is 5.26 Å². The van der Waals surface area contributed by atoms with Crippen molar-refractivity contribution in [2.75, 3.05) is 13.1 Å². The van der Waals surface area contributed by atoms with Crippen LogP contribution < -0.4 is 4.74 Å². The number of aldehydes is 1. The zero-order valence-electron chi connectivity index (χ0n) is 12.0. The van der Waals surface area contributed by atoms with E-state index in [0.29, 0.717) is 43.7 Å². The number of carbonyl (C=O) groups excluding carboxylic acids is 1. The minimum Gasteiger partial charge on any atom is -0.488 e. The van der Waals surface area contributed by atoms with Crippen molar-refractivity contribution in [2.45, 2.75) is 25.4 Å². The highest BCUT2D eigenvalue weighted by molar-refractivity contribution is 5.65. The number of benzene rings is 1. The van der Waals surface area contributed by atoms with Crippen molar-refractivity contribution in [2.24, 2.45) is 5.92 Å². The van der Waals surface area contributed by atoms with E-state index in [-0.39, 0.29) is 12.0 Å². The highest BCUT2D eigenvalue weighted by Gasteiger charge is 2.29. The van der Waals surface area contributed by atoms with E-state index in [1.54, 1.807) is 6.07 Å². The molecule has 1 fully saturated rings. The average molecular weight is 300 g/mol. The minimum atomic E-state index is -0.938. The fourth-order valence-corrected chi connectivity index (χ4v) is 3.20. The van der Waals surface area contributed by atoms with Gasteiger partial charge in [0.15, 0.2) is 0 Å². The Kier molecular flexibility index (Phi) is 3.72. The van der Waals surface area contributed by atoms with Gasteiger partial charge in [-0.3, -0.25) is 0 Å². The van der Waals surface area contributed by atoms with E-state index in [4.69, 9.17) is 9.84 Å². The van der Waals surface area contributed by atoms with Crippen LogP contribution in [0.5, 0.6) is 5.75 Å². The number of amides is 1. The standard InChI is InChI=1S/C16H16N2O4/c17-7-12-6-14(5-11-3-10(9-19)4-15(11)12)22-13-1-2-18(8-13)16(20)21/h5-6,9-10,13H,1-4,8H2,(H,20,21). The molecule has 1 aromatic carbocycles. The van der Waals surface area contributed by atoms with Crippen molar-refractivity contribution in [1.82, 2.24) is 4.90 Å². The topological polar surface area (TPSA) is 90.6 Å². The first-order valence-electron chi connectivity index (χ1n) is 7.26. The lowest BCUT2D eigenvalue weighted by Gasteiger charge is -2.16. The van der Waals surface area contributed by atoms with Crippen molar-refractivity contribution in [1.29, 1.82) is 5.26 Å². The Labute approximate surface area is 127 Å². The molecule has 0 spiro atoms. The number of hydrogen-bond donors (Lipinski definition) is 1. The number of likely N-dealkylation sites (tertiary alicyclic amines) is 1. The molecule has 1 amide bonds.